The quantitative estimate of drug-likeness (QED) is 0.580. The summed E-state index contributed by atoms with van der Waals surface area (Å²) in [4.78, 5) is 4.26. The van der Waals surface area contributed by atoms with E-state index in [0.717, 1.165) is 16.6 Å². The Morgan fingerprint density at radius 3 is 3.00 bits per heavy atom. The van der Waals surface area contributed by atoms with Crippen LogP contribution in [0.2, 0.25) is 0 Å². The lowest BCUT2D eigenvalue weighted by Gasteiger charge is -1.97. The molecular weight excluding hydrogens is 181 g/mol. The summed E-state index contributed by atoms with van der Waals surface area (Å²) < 4.78 is 1.87. The molecule has 0 fully saturated rings. The summed E-state index contributed by atoms with van der Waals surface area (Å²) >= 11 is 0. The van der Waals surface area contributed by atoms with Gasteiger partial charge in [-0.1, -0.05) is 0 Å². The second-order valence-corrected chi connectivity index (χ2v) is 3.58. The molecule has 0 N–H and O–H groups in total. The average molecular weight is 189 g/mol. The first-order valence-electron chi connectivity index (χ1n) is 3.85. The van der Waals surface area contributed by atoms with Gasteiger partial charge in [-0.05, 0) is 18.3 Å². The Morgan fingerprint density at radius 1 is 1.54 bits per heavy atom. The van der Waals surface area contributed by atoms with Crippen molar-refractivity contribution in [3.8, 4) is 6.07 Å². The number of aryl methyl sites for hydroxylation is 1. The van der Waals surface area contributed by atoms with Crippen molar-refractivity contribution in [2.75, 3.05) is 0 Å². The number of hydrogen-bond donors (Lipinski definition) is 0. The van der Waals surface area contributed by atoms with Crippen molar-refractivity contribution in [1.82, 2.24) is 9.38 Å². The summed E-state index contributed by atoms with van der Waals surface area (Å²) in [6, 6.07) is 3.94. The van der Waals surface area contributed by atoms with Crippen LogP contribution in [-0.2, 0) is 0 Å². The third-order valence-corrected chi connectivity index (χ3v) is 2.13. The van der Waals surface area contributed by atoms with E-state index in [9.17, 15) is 0 Å². The van der Waals surface area contributed by atoms with Crippen molar-refractivity contribution in [2.45, 2.75) is 6.92 Å². The van der Waals surface area contributed by atoms with Crippen LogP contribution in [0.25, 0.3) is 5.65 Å². The first kappa shape index (κ1) is 8.22. The topological polar surface area (TPSA) is 41.1 Å². The minimum atomic E-state index is 0.612. The minimum Gasteiger partial charge on any atom is -0.305 e. The van der Waals surface area contributed by atoms with E-state index in [1.807, 2.05) is 29.8 Å². The zero-order chi connectivity index (χ0) is 9.42. The van der Waals surface area contributed by atoms with Crippen molar-refractivity contribution in [3.63, 3.8) is 0 Å². The predicted octanol–water partition coefficient (Wildman–Crippen LogP) is 1.01. The maximum atomic E-state index is 8.86. The van der Waals surface area contributed by atoms with Crippen LogP contribution in [0.1, 0.15) is 11.3 Å². The van der Waals surface area contributed by atoms with Gasteiger partial charge in [0.2, 0.25) is 0 Å². The molecule has 0 radical (unpaired) electrons. The zero-order valence-corrected chi connectivity index (χ0v) is 8.31. The molecule has 0 amide bonds. The number of pyridine rings is 1. The molecular formula is C9H8N3P. The van der Waals surface area contributed by atoms with E-state index in [-0.39, 0.29) is 0 Å². The summed E-state index contributed by atoms with van der Waals surface area (Å²) in [6.07, 6.45) is 3.84. The normalized spacial score (nSPS) is 10.2. The van der Waals surface area contributed by atoms with Gasteiger partial charge in [-0.2, -0.15) is 5.26 Å². The molecule has 2 rings (SSSR count). The van der Waals surface area contributed by atoms with Crippen molar-refractivity contribution in [1.29, 1.82) is 5.26 Å². The Morgan fingerprint density at radius 2 is 2.31 bits per heavy atom. The summed E-state index contributed by atoms with van der Waals surface area (Å²) in [5, 5.41) is 9.84. The Labute approximate surface area is 78.2 Å². The molecule has 0 saturated carbocycles. The number of nitriles is 1. The van der Waals surface area contributed by atoms with Crippen LogP contribution in [0, 0.1) is 18.3 Å². The lowest BCUT2D eigenvalue weighted by Crippen LogP contribution is -1.98. The molecule has 0 saturated heterocycles. The Hall–Kier alpha value is -1.39. The Kier molecular flexibility index (Phi) is 1.79. The molecule has 0 aliphatic rings. The number of imidazole rings is 1. The van der Waals surface area contributed by atoms with Crippen molar-refractivity contribution in [2.24, 2.45) is 0 Å². The van der Waals surface area contributed by atoms with Gasteiger partial charge >= 0.3 is 0 Å². The first-order valence-corrected chi connectivity index (χ1v) is 4.43. The standard InChI is InChI=1S/C9H8N3P/c1-6-4-12-5-8(13)2-7(3-10)9(12)11-6/h2,4-5H,13H2,1H3. The molecule has 64 valence electrons. The molecule has 3 nitrogen and oxygen atoms in total. The molecule has 2 aromatic heterocycles. The van der Waals surface area contributed by atoms with Crippen molar-refractivity contribution < 1.29 is 0 Å². The maximum Gasteiger partial charge on any atom is 0.155 e. The second-order valence-electron chi connectivity index (χ2n) is 2.91. The SMILES string of the molecule is Cc1cn2cc(P)cc(C#N)c2n1. The fraction of sp³-hybridized carbons (Fsp3) is 0.111. The van der Waals surface area contributed by atoms with E-state index in [1.54, 1.807) is 0 Å². The van der Waals surface area contributed by atoms with Gasteiger partial charge in [0.25, 0.3) is 0 Å². The highest BCUT2D eigenvalue weighted by atomic mass is 31.0. The van der Waals surface area contributed by atoms with E-state index in [2.05, 4.69) is 20.3 Å². The van der Waals surface area contributed by atoms with Crippen LogP contribution in [0.3, 0.4) is 0 Å². The highest BCUT2D eigenvalue weighted by Crippen LogP contribution is 2.09. The maximum absolute atomic E-state index is 8.86. The van der Waals surface area contributed by atoms with Crippen LogP contribution >= 0.6 is 9.24 Å². The zero-order valence-electron chi connectivity index (χ0n) is 7.15. The van der Waals surface area contributed by atoms with Gasteiger partial charge in [-0.3, -0.25) is 0 Å². The van der Waals surface area contributed by atoms with Gasteiger partial charge in [0.1, 0.15) is 6.07 Å². The number of nitrogens with zero attached hydrogens (tertiary/aromatic N) is 3. The molecule has 4 heteroatoms. The predicted molar refractivity (Wildman–Crippen MR) is 54.0 cm³/mol. The Bertz CT molecular complexity index is 507. The third-order valence-electron chi connectivity index (χ3n) is 1.81. The molecule has 0 aromatic carbocycles. The largest absolute Gasteiger partial charge is 0.305 e. The van der Waals surface area contributed by atoms with E-state index in [4.69, 9.17) is 5.26 Å². The average Bonchev–Trinajstić information content (AvgIpc) is 2.43. The van der Waals surface area contributed by atoms with Gasteiger partial charge < -0.3 is 4.40 Å². The molecule has 0 spiro atoms. The summed E-state index contributed by atoms with van der Waals surface area (Å²) in [5.41, 5.74) is 2.26. The lowest BCUT2D eigenvalue weighted by atomic mass is 10.3. The third kappa shape index (κ3) is 1.30. The summed E-state index contributed by atoms with van der Waals surface area (Å²) in [6.45, 7) is 1.91. The van der Waals surface area contributed by atoms with Crippen LogP contribution in [-0.4, -0.2) is 9.38 Å². The molecule has 1 unspecified atom stereocenters. The van der Waals surface area contributed by atoms with Gasteiger partial charge in [0.05, 0.1) is 11.3 Å². The fourth-order valence-corrected chi connectivity index (χ4v) is 1.65. The number of rotatable bonds is 0. The van der Waals surface area contributed by atoms with E-state index in [1.165, 1.54) is 0 Å². The van der Waals surface area contributed by atoms with Gasteiger partial charge in [-0.15, -0.1) is 9.24 Å². The number of fused-ring (bicyclic) bond motifs is 1. The molecule has 13 heavy (non-hydrogen) atoms. The summed E-state index contributed by atoms with van der Waals surface area (Å²) in [7, 11) is 2.57. The van der Waals surface area contributed by atoms with Crippen molar-refractivity contribution >= 4 is 20.2 Å². The van der Waals surface area contributed by atoms with Crippen LogP contribution in [0.4, 0.5) is 0 Å². The molecule has 2 heterocycles. The lowest BCUT2D eigenvalue weighted by molar-refractivity contribution is 1.19. The van der Waals surface area contributed by atoms with Crippen LogP contribution in [0.15, 0.2) is 18.5 Å². The van der Waals surface area contributed by atoms with Crippen molar-refractivity contribution in [3.05, 3.63) is 29.7 Å². The number of aromatic nitrogens is 2. The van der Waals surface area contributed by atoms with E-state index >= 15 is 0 Å². The highest BCUT2D eigenvalue weighted by Gasteiger charge is 2.04. The second kappa shape index (κ2) is 2.83. The van der Waals surface area contributed by atoms with Crippen LogP contribution < -0.4 is 5.30 Å². The molecule has 2 aromatic rings. The van der Waals surface area contributed by atoms with Crippen LogP contribution in [0.5, 0.6) is 0 Å². The Balaban J connectivity index is 2.90. The molecule has 0 aliphatic heterocycles. The molecule has 1 atom stereocenters. The minimum absolute atomic E-state index is 0.612. The van der Waals surface area contributed by atoms with Gasteiger partial charge in [0.15, 0.2) is 5.65 Å². The van der Waals surface area contributed by atoms with Gasteiger partial charge in [-0.25, -0.2) is 4.98 Å². The molecule has 0 bridgehead atoms. The van der Waals surface area contributed by atoms with E-state index in [0.29, 0.717) is 5.56 Å². The first-order chi connectivity index (χ1) is 6.20. The molecule has 0 aliphatic carbocycles. The number of hydrogen-bond acceptors (Lipinski definition) is 2. The summed E-state index contributed by atoms with van der Waals surface area (Å²) in [5.74, 6) is 0. The smallest absolute Gasteiger partial charge is 0.155 e. The highest BCUT2D eigenvalue weighted by molar-refractivity contribution is 7.27. The van der Waals surface area contributed by atoms with E-state index < -0.39 is 0 Å². The fourth-order valence-electron chi connectivity index (χ4n) is 1.33. The van der Waals surface area contributed by atoms with Gasteiger partial charge in [0, 0.05) is 12.4 Å². The monoisotopic (exact) mass is 189 g/mol.